The number of morpholine rings is 1. The lowest BCUT2D eigenvalue weighted by Gasteiger charge is -2.26. The number of fused-ring (bicyclic) bond motifs is 1. The average molecular weight is 577 g/mol. The summed E-state index contributed by atoms with van der Waals surface area (Å²) in [6, 6.07) is 9.43. The molecule has 1 saturated heterocycles. The van der Waals surface area contributed by atoms with Gasteiger partial charge in [0.1, 0.15) is 0 Å². The van der Waals surface area contributed by atoms with Crippen LogP contribution < -0.4 is 20.1 Å². The van der Waals surface area contributed by atoms with Gasteiger partial charge in [0.25, 0.3) is 0 Å². The number of nitrogens with one attached hydrogen (secondary N) is 2. The van der Waals surface area contributed by atoms with E-state index < -0.39 is 0 Å². The Labute approximate surface area is 241 Å². The topological polar surface area (TPSA) is 124 Å². The highest BCUT2D eigenvalue weighted by molar-refractivity contribution is 7.14. The predicted octanol–water partition coefficient (Wildman–Crippen LogP) is 4.27. The van der Waals surface area contributed by atoms with E-state index in [0.717, 1.165) is 67.8 Å². The summed E-state index contributed by atoms with van der Waals surface area (Å²) in [5, 5.41) is 14.4. The summed E-state index contributed by atoms with van der Waals surface area (Å²) in [6.07, 6.45) is 4.43. The molecule has 0 aliphatic carbocycles. The largest absolute Gasteiger partial charge is 0.493 e. The summed E-state index contributed by atoms with van der Waals surface area (Å²) >= 11 is 1.56. The number of methoxy groups -OCH3 is 2. The van der Waals surface area contributed by atoms with Gasteiger partial charge in [0.15, 0.2) is 28.0 Å². The number of hydrogen-bond donors (Lipinski definition) is 2. The third kappa shape index (κ3) is 6.11. The molecule has 12 nitrogen and oxygen atoms in total. The maximum absolute atomic E-state index is 5.58. The number of anilines is 2. The lowest BCUT2D eigenvalue weighted by Crippen LogP contribution is -2.37. The van der Waals surface area contributed by atoms with E-state index in [0.29, 0.717) is 41.2 Å². The number of aromatic nitrogens is 5. The molecule has 0 amide bonds. The van der Waals surface area contributed by atoms with Crippen LogP contribution in [0.4, 0.5) is 11.1 Å². The van der Waals surface area contributed by atoms with Crippen molar-refractivity contribution >= 4 is 28.1 Å². The lowest BCUT2D eigenvalue weighted by molar-refractivity contribution is 0.0378. The molecule has 214 valence electrons. The van der Waals surface area contributed by atoms with Crippen LogP contribution in [0.3, 0.4) is 0 Å². The Hall–Kier alpha value is -4.20. The van der Waals surface area contributed by atoms with Crippen molar-refractivity contribution in [3.05, 3.63) is 53.7 Å². The highest BCUT2D eigenvalue weighted by atomic mass is 32.1. The van der Waals surface area contributed by atoms with E-state index in [1.165, 1.54) is 0 Å². The molecule has 0 saturated carbocycles. The van der Waals surface area contributed by atoms with Gasteiger partial charge in [-0.3, -0.25) is 4.90 Å². The minimum atomic E-state index is 0.468. The van der Waals surface area contributed by atoms with Gasteiger partial charge < -0.3 is 29.3 Å². The SMILES string of the molecule is COc1ccc(CNc2ncc(-c3csc(NCCCN4CCOCC4)n3)c3nc(-c4ccco4)nn23)cc1OC. The van der Waals surface area contributed by atoms with E-state index in [1.807, 2.05) is 35.7 Å². The highest BCUT2D eigenvalue weighted by Gasteiger charge is 2.19. The van der Waals surface area contributed by atoms with Gasteiger partial charge in [0.05, 0.1) is 45.0 Å². The Morgan fingerprint density at radius 1 is 1.05 bits per heavy atom. The van der Waals surface area contributed by atoms with E-state index in [2.05, 4.69) is 15.5 Å². The van der Waals surface area contributed by atoms with Crippen LogP contribution in [-0.4, -0.2) is 83.1 Å². The fourth-order valence-electron chi connectivity index (χ4n) is 4.66. The second kappa shape index (κ2) is 12.5. The zero-order valence-electron chi connectivity index (χ0n) is 23.0. The van der Waals surface area contributed by atoms with Crippen LogP contribution >= 0.6 is 11.3 Å². The number of benzene rings is 1. The summed E-state index contributed by atoms with van der Waals surface area (Å²) in [5.74, 6) is 2.92. The first-order valence-electron chi connectivity index (χ1n) is 13.5. The van der Waals surface area contributed by atoms with Crippen LogP contribution in [0.15, 0.2) is 52.6 Å². The van der Waals surface area contributed by atoms with Gasteiger partial charge in [0, 0.05) is 37.8 Å². The van der Waals surface area contributed by atoms with Crippen molar-refractivity contribution < 1.29 is 18.6 Å². The fraction of sp³-hybridized carbons (Fsp3) is 0.357. The molecule has 5 aromatic rings. The molecule has 0 bridgehead atoms. The Balaban J connectivity index is 1.21. The summed E-state index contributed by atoms with van der Waals surface area (Å²) < 4.78 is 23.5. The summed E-state index contributed by atoms with van der Waals surface area (Å²) in [4.78, 5) is 16.8. The van der Waals surface area contributed by atoms with E-state index in [9.17, 15) is 0 Å². The first-order chi connectivity index (χ1) is 20.2. The minimum Gasteiger partial charge on any atom is -0.493 e. The van der Waals surface area contributed by atoms with Gasteiger partial charge in [-0.25, -0.2) is 15.0 Å². The van der Waals surface area contributed by atoms with Crippen LogP contribution in [-0.2, 0) is 11.3 Å². The molecule has 1 aliphatic rings. The molecule has 0 radical (unpaired) electrons. The van der Waals surface area contributed by atoms with Gasteiger partial charge in [-0.1, -0.05) is 6.07 Å². The van der Waals surface area contributed by atoms with Gasteiger partial charge in [-0.05, 0) is 42.8 Å². The second-order valence-electron chi connectivity index (χ2n) is 9.46. The third-order valence-electron chi connectivity index (χ3n) is 6.82. The van der Waals surface area contributed by atoms with Crippen LogP contribution in [0, 0.1) is 0 Å². The van der Waals surface area contributed by atoms with Crippen LogP contribution in [0.2, 0.25) is 0 Å². The Morgan fingerprint density at radius 2 is 1.93 bits per heavy atom. The first kappa shape index (κ1) is 27.0. The molecule has 5 heterocycles. The van der Waals surface area contributed by atoms with Gasteiger partial charge >= 0.3 is 0 Å². The highest BCUT2D eigenvalue weighted by Crippen LogP contribution is 2.31. The maximum Gasteiger partial charge on any atom is 0.226 e. The Morgan fingerprint density at radius 3 is 2.73 bits per heavy atom. The second-order valence-corrected chi connectivity index (χ2v) is 10.3. The van der Waals surface area contributed by atoms with Gasteiger partial charge in [-0.15, -0.1) is 16.4 Å². The minimum absolute atomic E-state index is 0.468. The van der Waals surface area contributed by atoms with Crippen LogP contribution in [0.25, 0.3) is 28.5 Å². The molecule has 1 fully saturated rings. The summed E-state index contributed by atoms with van der Waals surface area (Å²) in [5.41, 5.74) is 3.19. The molecule has 0 spiro atoms. The fourth-order valence-corrected chi connectivity index (χ4v) is 5.40. The zero-order chi connectivity index (χ0) is 28.0. The van der Waals surface area contributed by atoms with Gasteiger partial charge in [-0.2, -0.15) is 4.52 Å². The van der Waals surface area contributed by atoms with Crippen molar-refractivity contribution in [3.8, 4) is 34.3 Å². The maximum atomic E-state index is 5.58. The van der Waals surface area contributed by atoms with E-state index in [-0.39, 0.29) is 0 Å². The molecular formula is C28H32N8O4S. The van der Waals surface area contributed by atoms with Crippen LogP contribution in [0.5, 0.6) is 11.5 Å². The average Bonchev–Trinajstić information content (AvgIpc) is 3.80. The van der Waals surface area contributed by atoms with Crippen molar-refractivity contribution in [1.82, 2.24) is 29.5 Å². The summed E-state index contributed by atoms with van der Waals surface area (Å²) in [6.45, 7) is 6.04. The van der Waals surface area contributed by atoms with Crippen LogP contribution in [0.1, 0.15) is 12.0 Å². The smallest absolute Gasteiger partial charge is 0.226 e. The van der Waals surface area contributed by atoms with Crippen molar-refractivity contribution in [2.24, 2.45) is 0 Å². The number of rotatable bonds is 12. The molecule has 2 N–H and O–H groups in total. The molecule has 1 aliphatic heterocycles. The molecule has 4 aromatic heterocycles. The van der Waals surface area contributed by atoms with Crippen molar-refractivity contribution in [2.75, 3.05) is 64.2 Å². The first-order valence-corrected chi connectivity index (χ1v) is 14.3. The van der Waals surface area contributed by atoms with Crippen molar-refractivity contribution in [1.29, 1.82) is 0 Å². The Bertz CT molecular complexity index is 1580. The molecule has 0 unspecified atom stereocenters. The number of hydrogen-bond acceptors (Lipinski definition) is 12. The number of ether oxygens (including phenoxy) is 3. The third-order valence-corrected chi connectivity index (χ3v) is 7.62. The molecule has 41 heavy (non-hydrogen) atoms. The van der Waals surface area contributed by atoms with E-state index in [4.69, 9.17) is 38.7 Å². The lowest BCUT2D eigenvalue weighted by atomic mass is 10.2. The molecule has 1 aromatic carbocycles. The quantitative estimate of drug-likeness (QED) is 0.207. The monoisotopic (exact) mass is 576 g/mol. The number of furan rings is 1. The molecule has 6 rings (SSSR count). The van der Waals surface area contributed by atoms with Crippen molar-refractivity contribution in [2.45, 2.75) is 13.0 Å². The Kier molecular flexibility index (Phi) is 8.26. The molecule has 13 heteroatoms. The normalized spacial score (nSPS) is 13.9. The number of thiazole rings is 1. The van der Waals surface area contributed by atoms with E-state index in [1.54, 1.807) is 42.5 Å². The summed E-state index contributed by atoms with van der Waals surface area (Å²) in [7, 11) is 3.24. The van der Waals surface area contributed by atoms with Gasteiger partial charge in [0.2, 0.25) is 11.8 Å². The standard InChI is InChI=1S/C28H32N8O4S/c1-37-22-7-6-19(15-24(22)38-2)16-30-27-31-17-20(26-33-25(34-36(26)27)23-5-3-12-40-23)21-18-41-28(32-21)29-8-4-9-35-10-13-39-14-11-35/h3,5-7,12,15,17-18H,4,8-11,13-14,16H2,1-2H3,(H,29,32)(H,30,31). The molecular weight excluding hydrogens is 544 g/mol. The predicted molar refractivity (Wildman–Crippen MR) is 157 cm³/mol. The van der Waals surface area contributed by atoms with Crippen molar-refractivity contribution in [3.63, 3.8) is 0 Å². The zero-order valence-corrected chi connectivity index (χ0v) is 23.8. The van der Waals surface area contributed by atoms with E-state index >= 15 is 0 Å². The molecule has 0 atom stereocenters. The number of nitrogens with zero attached hydrogens (tertiary/aromatic N) is 6.